The Kier molecular flexibility index (Phi) is 8.26. The van der Waals surface area contributed by atoms with Gasteiger partial charge in [0.2, 0.25) is 5.95 Å². The van der Waals surface area contributed by atoms with E-state index in [9.17, 15) is 4.79 Å². The van der Waals surface area contributed by atoms with Gasteiger partial charge in [-0.15, -0.1) is 0 Å². The minimum Gasteiger partial charge on any atom is -0.356 e. The van der Waals surface area contributed by atoms with E-state index >= 15 is 0 Å². The average Bonchev–Trinajstić information content (AvgIpc) is 3.17. The zero-order chi connectivity index (χ0) is 23.8. The number of hydrogen-bond donors (Lipinski definition) is 0. The predicted octanol–water partition coefficient (Wildman–Crippen LogP) is 5.12. The van der Waals surface area contributed by atoms with Gasteiger partial charge in [-0.3, -0.25) is 9.69 Å². The first-order chi connectivity index (χ1) is 16.6. The maximum atomic E-state index is 13.6. The Morgan fingerprint density at radius 2 is 1.53 bits per heavy atom. The van der Waals surface area contributed by atoms with E-state index in [1.165, 1.54) is 25.7 Å². The van der Waals surface area contributed by atoms with Crippen LogP contribution in [0.1, 0.15) is 42.5 Å². The Hall–Kier alpha value is -3.25. The van der Waals surface area contributed by atoms with Crippen molar-refractivity contribution in [1.82, 2.24) is 14.9 Å². The summed E-state index contributed by atoms with van der Waals surface area (Å²) in [5.41, 5.74) is 2.88. The van der Waals surface area contributed by atoms with Crippen molar-refractivity contribution in [3.8, 4) is 11.1 Å². The van der Waals surface area contributed by atoms with Crippen molar-refractivity contribution in [2.45, 2.75) is 32.1 Å². The van der Waals surface area contributed by atoms with Gasteiger partial charge in [0.05, 0.1) is 0 Å². The Morgan fingerprint density at radius 1 is 0.853 bits per heavy atom. The molecule has 34 heavy (non-hydrogen) atoms. The lowest BCUT2D eigenvalue weighted by Crippen LogP contribution is -2.35. The second-order valence-electron chi connectivity index (χ2n) is 9.17. The molecule has 0 N–H and O–H groups in total. The number of aromatic nitrogens is 2. The van der Waals surface area contributed by atoms with Crippen LogP contribution in [0, 0.1) is 0 Å². The van der Waals surface area contributed by atoms with E-state index in [0.717, 1.165) is 43.0 Å². The Bertz CT molecular complexity index is 1040. The molecule has 178 valence electrons. The normalized spacial score (nSPS) is 14.1. The third-order valence-electron chi connectivity index (χ3n) is 6.27. The minimum atomic E-state index is -0.0635. The highest BCUT2D eigenvalue weighted by Crippen LogP contribution is 2.23. The summed E-state index contributed by atoms with van der Waals surface area (Å²) in [7, 11) is 4.09. The van der Waals surface area contributed by atoms with E-state index in [2.05, 4.69) is 26.9 Å². The molecule has 1 amide bonds. The average molecular weight is 458 g/mol. The highest BCUT2D eigenvalue weighted by molar-refractivity contribution is 6.05. The van der Waals surface area contributed by atoms with Crippen molar-refractivity contribution >= 4 is 17.7 Å². The van der Waals surface area contributed by atoms with Crippen molar-refractivity contribution < 1.29 is 4.79 Å². The third kappa shape index (κ3) is 6.20. The molecule has 6 nitrogen and oxygen atoms in total. The molecule has 0 radical (unpaired) electrons. The van der Waals surface area contributed by atoms with Crippen LogP contribution in [0.25, 0.3) is 11.1 Å². The number of amides is 1. The summed E-state index contributed by atoms with van der Waals surface area (Å²) in [5, 5.41) is 0. The van der Waals surface area contributed by atoms with Gasteiger partial charge < -0.3 is 9.80 Å². The summed E-state index contributed by atoms with van der Waals surface area (Å²) < 4.78 is 0. The van der Waals surface area contributed by atoms with E-state index in [-0.39, 0.29) is 5.91 Å². The van der Waals surface area contributed by atoms with E-state index in [1.807, 2.05) is 62.6 Å². The van der Waals surface area contributed by atoms with Crippen LogP contribution in [0.15, 0.2) is 66.9 Å². The number of carbonyl (C=O) groups excluding carboxylic acids is 1. The first kappa shape index (κ1) is 23.9. The molecule has 0 bridgehead atoms. The van der Waals surface area contributed by atoms with E-state index in [4.69, 9.17) is 4.98 Å². The van der Waals surface area contributed by atoms with Gasteiger partial charge in [-0.1, -0.05) is 55.3 Å². The van der Waals surface area contributed by atoms with Gasteiger partial charge >= 0.3 is 0 Å². The number of benzene rings is 2. The summed E-state index contributed by atoms with van der Waals surface area (Å²) in [5.74, 6) is 1.33. The van der Waals surface area contributed by atoms with Gasteiger partial charge in [0.15, 0.2) is 0 Å². The number of anilines is 2. The topological polar surface area (TPSA) is 52.6 Å². The number of rotatable bonds is 8. The second-order valence-corrected chi connectivity index (χ2v) is 9.17. The fourth-order valence-corrected chi connectivity index (χ4v) is 4.37. The quantitative estimate of drug-likeness (QED) is 0.470. The monoisotopic (exact) mass is 457 g/mol. The molecule has 1 fully saturated rings. The highest BCUT2D eigenvalue weighted by atomic mass is 16.2. The molecule has 0 aliphatic carbocycles. The minimum absolute atomic E-state index is 0.0635. The fourth-order valence-electron chi connectivity index (χ4n) is 4.37. The van der Waals surface area contributed by atoms with Crippen LogP contribution in [-0.2, 0) is 0 Å². The van der Waals surface area contributed by atoms with Gasteiger partial charge in [0.25, 0.3) is 5.91 Å². The van der Waals surface area contributed by atoms with Crippen LogP contribution in [0.2, 0.25) is 0 Å². The van der Waals surface area contributed by atoms with Crippen LogP contribution in [-0.4, -0.2) is 61.0 Å². The number of hydrogen-bond acceptors (Lipinski definition) is 5. The van der Waals surface area contributed by atoms with Crippen LogP contribution in [0.4, 0.5) is 11.8 Å². The lowest BCUT2D eigenvalue weighted by molar-refractivity contribution is 0.0984. The van der Waals surface area contributed by atoms with E-state index in [1.54, 1.807) is 11.1 Å². The molecule has 0 saturated carbocycles. The van der Waals surface area contributed by atoms with Gasteiger partial charge in [0, 0.05) is 31.4 Å². The van der Waals surface area contributed by atoms with Crippen molar-refractivity contribution in [2.75, 3.05) is 50.1 Å². The molecular formula is C28H35N5O. The van der Waals surface area contributed by atoms with Crippen LogP contribution in [0.5, 0.6) is 0 Å². The molecule has 0 atom stereocenters. The summed E-state index contributed by atoms with van der Waals surface area (Å²) in [6.07, 6.45) is 7.52. The molecule has 4 rings (SSSR count). The van der Waals surface area contributed by atoms with E-state index < -0.39 is 0 Å². The predicted molar refractivity (Wildman–Crippen MR) is 139 cm³/mol. The van der Waals surface area contributed by atoms with Gasteiger partial charge in [-0.05, 0) is 69.2 Å². The number of nitrogens with zero attached hydrogens (tertiary/aromatic N) is 5. The molecule has 1 aliphatic heterocycles. The second kappa shape index (κ2) is 11.7. The lowest BCUT2D eigenvalue weighted by Gasteiger charge is -2.25. The summed E-state index contributed by atoms with van der Waals surface area (Å²) in [4.78, 5) is 29.2. The van der Waals surface area contributed by atoms with Crippen molar-refractivity contribution in [1.29, 1.82) is 0 Å². The van der Waals surface area contributed by atoms with Crippen molar-refractivity contribution in [3.63, 3.8) is 0 Å². The lowest BCUT2D eigenvalue weighted by atomic mass is 10.0. The van der Waals surface area contributed by atoms with E-state index in [0.29, 0.717) is 18.1 Å². The fraction of sp³-hybridized carbons (Fsp3) is 0.393. The maximum Gasteiger partial charge on any atom is 0.260 e. The van der Waals surface area contributed by atoms with Crippen LogP contribution >= 0.6 is 0 Å². The molecule has 0 spiro atoms. The zero-order valence-electron chi connectivity index (χ0n) is 20.4. The molecule has 0 unspecified atom stereocenters. The molecule has 3 aromatic rings. The Morgan fingerprint density at radius 3 is 2.21 bits per heavy atom. The Balaban J connectivity index is 1.58. The zero-order valence-corrected chi connectivity index (χ0v) is 20.4. The van der Waals surface area contributed by atoms with Crippen molar-refractivity contribution in [2.24, 2.45) is 0 Å². The summed E-state index contributed by atoms with van der Waals surface area (Å²) >= 11 is 0. The molecule has 2 heterocycles. The molecule has 1 aliphatic rings. The van der Waals surface area contributed by atoms with Gasteiger partial charge in [0.1, 0.15) is 5.82 Å². The first-order valence-electron chi connectivity index (χ1n) is 12.3. The van der Waals surface area contributed by atoms with Crippen molar-refractivity contribution in [3.05, 3.63) is 72.4 Å². The SMILES string of the molecule is CN(C)CCCN(C(=O)c1ccc(-c2ccccc2)cc1)c1nccc(N2CCCCCC2)n1. The molecular weight excluding hydrogens is 422 g/mol. The third-order valence-corrected chi connectivity index (χ3v) is 6.27. The van der Waals surface area contributed by atoms with Crippen LogP contribution in [0.3, 0.4) is 0 Å². The molecule has 2 aromatic carbocycles. The standard InChI is InChI=1S/C28H35N5O/c1-31(2)19-10-22-33(28-29-18-17-26(30-28)32-20-8-3-4-9-21-32)27(34)25-15-13-24(14-16-25)23-11-6-5-7-12-23/h5-7,11-18H,3-4,8-10,19-22H2,1-2H3. The first-order valence-corrected chi connectivity index (χ1v) is 12.3. The van der Waals surface area contributed by atoms with Gasteiger partial charge in [-0.25, -0.2) is 4.98 Å². The number of carbonyl (C=O) groups is 1. The highest BCUT2D eigenvalue weighted by Gasteiger charge is 2.22. The summed E-state index contributed by atoms with van der Waals surface area (Å²) in [6, 6.07) is 20.0. The largest absolute Gasteiger partial charge is 0.356 e. The maximum absolute atomic E-state index is 13.6. The Labute approximate surface area is 203 Å². The van der Waals surface area contributed by atoms with Gasteiger partial charge in [-0.2, -0.15) is 4.98 Å². The molecule has 1 saturated heterocycles. The summed E-state index contributed by atoms with van der Waals surface area (Å²) in [6.45, 7) is 3.47. The van der Waals surface area contributed by atoms with Crippen LogP contribution < -0.4 is 9.80 Å². The molecule has 6 heteroatoms. The molecule has 1 aromatic heterocycles. The smallest absolute Gasteiger partial charge is 0.260 e.